The largest absolute Gasteiger partial charge is 0.484 e. The highest BCUT2D eigenvalue weighted by Gasteiger charge is 2.29. The van der Waals surface area contributed by atoms with Crippen LogP contribution in [-0.4, -0.2) is 74.2 Å². The molecule has 0 N–H and O–H groups in total. The van der Waals surface area contributed by atoms with Crippen LogP contribution >= 0.6 is 0 Å². The fourth-order valence-corrected chi connectivity index (χ4v) is 4.72. The number of carbonyl (C=O) groups is 1. The molecule has 2 aliphatic heterocycles. The van der Waals surface area contributed by atoms with Crippen molar-refractivity contribution in [1.82, 2.24) is 14.9 Å². The monoisotopic (exact) mass is 490 g/mol. The van der Waals surface area contributed by atoms with E-state index in [0.717, 1.165) is 17.1 Å². The van der Waals surface area contributed by atoms with Crippen LogP contribution in [0.25, 0.3) is 0 Å². The van der Waals surface area contributed by atoms with Crippen molar-refractivity contribution < 1.29 is 13.9 Å². The molecule has 8 nitrogen and oxygen atoms in total. The van der Waals surface area contributed by atoms with Gasteiger partial charge < -0.3 is 24.3 Å². The van der Waals surface area contributed by atoms with Crippen LogP contribution in [0.1, 0.15) is 11.3 Å². The number of para-hydroxylation sites is 2. The number of benzene rings is 2. The summed E-state index contributed by atoms with van der Waals surface area (Å²) in [6.07, 6.45) is 0.665. The van der Waals surface area contributed by atoms with E-state index < -0.39 is 0 Å². The first-order chi connectivity index (χ1) is 17.5. The van der Waals surface area contributed by atoms with Gasteiger partial charge in [-0.3, -0.25) is 4.79 Å². The lowest BCUT2D eigenvalue weighted by molar-refractivity contribution is -0.134. The summed E-state index contributed by atoms with van der Waals surface area (Å²) in [6.45, 7) is 3.87. The first kappa shape index (κ1) is 23.8. The van der Waals surface area contributed by atoms with Gasteiger partial charge in [0.25, 0.3) is 5.91 Å². The van der Waals surface area contributed by atoms with Crippen molar-refractivity contribution in [2.45, 2.75) is 13.0 Å². The second kappa shape index (κ2) is 10.4. The van der Waals surface area contributed by atoms with Crippen LogP contribution in [0.2, 0.25) is 0 Å². The Bertz CT molecular complexity index is 1210. The number of carbonyl (C=O) groups excluding carboxylic acids is 1. The molecule has 0 saturated carbocycles. The number of hydrogen-bond donors (Lipinski definition) is 0. The lowest BCUT2D eigenvalue weighted by atomic mass is 10.1. The molecule has 5 rings (SSSR count). The Labute approximate surface area is 210 Å². The summed E-state index contributed by atoms with van der Waals surface area (Å²) in [5.41, 5.74) is 2.60. The van der Waals surface area contributed by atoms with Gasteiger partial charge in [-0.05, 0) is 24.3 Å². The molecule has 0 radical (unpaired) electrons. The molecule has 0 spiro atoms. The van der Waals surface area contributed by atoms with Crippen molar-refractivity contribution in [3.05, 3.63) is 71.7 Å². The van der Waals surface area contributed by atoms with Crippen LogP contribution in [0.3, 0.4) is 0 Å². The minimum atomic E-state index is -0.195. The SMILES string of the molecule is CN(C)c1nc(N2CCN(c3ccccc3F)CC2)nc2c1CN(C(=O)COc1ccccc1)CC2. The van der Waals surface area contributed by atoms with E-state index in [-0.39, 0.29) is 18.3 Å². The maximum atomic E-state index is 14.2. The van der Waals surface area contributed by atoms with Gasteiger partial charge in [0.2, 0.25) is 5.95 Å². The van der Waals surface area contributed by atoms with Crippen molar-refractivity contribution in [3.8, 4) is 5.75 Å². The number of halogens is 1. The Kier molecular flexibility index (Phi) is 6.88. The molecule has 1 fully saturated rings. The summed E-state index contributed by atoms with van der Waals surface area (Å²) in [6, 6.07) is 16.3. The molecule has 188 valence electrons. The van der Waals surface area contributed by atoms with Gasteiger partial charge >= 0.3 is 0 Å². The Hall–Kier alpha value is -3.88. The number of fused-ring (bicyclic) bond motifs is 1. The minimum Gasteiger partial charge on any atom is -0.484 e. The van der Waals surface area contributed by atoms with Crippen molar-refractivity contribution in [2.24, 2.45) is 0 Å². The molecular formula is C27H31FN6O2. The third-order valence-corrected chi connectivity index (χ3v) is 6.66. The number of piperazine rings is 1. The third kappa shape index (κ3) is 5.05. The normalized spacial score (nSPS) is 15.5. The van der Waals surface area contributed by atoms with Crippen LogP contribution in [-0.2, 0) is 17.8 Å². The molecule has 3 heterocycles. The first-order valence-corrected chi connectivity index (χ1v) is 12.3. The number of anilines is 3. The fourth-order valence-electron chi connectivity index (χ4n) is 4.72. The lowest BCUT2D eigenvalue weighted by Crippen LogP contribution is -2.47. The predicted molar refractivity (Wildman–Crippen MR) is 138 cm³/mol. The zero-order valence-corrected chi connectivity index (χ0v) is 20.7. The quantitative estimate of drug-likeness (QED) is 0.526. The topological polar surface area (TPSA) is 65.0 Å². The number of aromatic nitrogens is 2. The van der Waals surface area contributed by atoms with Crippen LogP contribution in [0.5, 0.6) is 5.75 Å². The van der Waals surface area contributed by atoms with Gasteiger partial charge in [-0.25, -0.2) is 9.37 Å². The maximum Gasteiger partial charge on any atom is 0.260 e. The third-order valence-electron chi connectivity index (χ3n) is 6.66. The van der Waals surface area contributed by atoms with Crippen molar-refractivity contribution in [2.75, 3.05) is 68.1 Å². The first-order valence-electron chi connectivity index (χ1n) is 12.3. The molecule has 3 aromatic rings. The van der Waals surface area contributed by atoms with E-state index in [1.54, 1.807) is 6.07 Å². The van der Waals surface area contributed by atoms with E-state index in [4.69, 9.17) is 14.7 Å². The van der Waals surface area contributed by atoms with Crippen LogP contribution in [0, 0.1) is 5.82 Å². The van der Waals surface area contributed by atoms with Crippen LogP contribution in [0.4, 0.5) is 21.8 Å². The van der Waals surface area contributed by atoms with Crippen molar-refractivity contribution in [1.29, 1.82) is 0 Å². The Morgan fingerprint density at radius 3 is 2.36 bits per heavy atom. The molecule has 0 unspecified atom stereocenters. The smallest absolute Gasteiger partial charge is 0.260 e. The molecule has 2 aliphatic rings. The van der Waals surface area contributed by atoms with E-state index >= 15 is 0 Å². The van der Waals surface area contributed by atoms with Gasteiger partial charge in [0.1, 0.15) is 17.4 Å². The zero-order chi connectivity index (χ0) is 25.1. The molecule has 1 amide bonds. The molecule has 2 aromatic carbocycles. The molecule has 0 bridgehead atoms. The van der Waals surface area contributed by atoms with Crippen LogP contribution < -0.4 is 19.4 Å². The highest BCUT2D eigenvalue weighted by Crippen LogP contribution is 2.29. The van der Waals surface area contributed by atoms with Gasteiger partial charge in [-0.15, -0.1) is 0 Å². The van der Waals surface area contributed by atoms with Gasteiger partial charge in [0.05, 0.1) is 17.9 Å². The maximum absolute atomic E-state index is 14.2. The van der Waals surface area contributed by atoms with E-state index in [1.807, 2.05) is 66.4 Å². The Balaban J connectivity index is 1.28. The zero-order valence-electron chi connectivity index (χ0n) is 20.7. The number of rotatable bonds is 6. The highest BCUT2D eigenvalue weighted by atomic mass is 19.1. The molecule has 0 atom stereocenters. The molecule has 0 aliphatic carbocycles. The summed E-state index contributed by atoms with van der Waals surface area (Å²) in [4.78, 5) is 30.7. The fraction of sp³-hybridized carbons (Fsp3) is 0.370. The van der Waals surface area contributed by atoms with Gasteiger partial charge in [-0.2, -0.15) is 4.98 Å². The number of hydrogen-bond acceptors (Lipinski definition) is 7. The molecule has 36 heavy (non-hydrogen) atoms. The van der Waals surface area contributed by atoms with Gasteiger partial charge in [0, 0.05) is 58.8 Å². The van der Waals surface area contributed by atoms with E-state index in [9.17, 15) is 9.18 Å². The average molecular weight is 491 g/mol. The summed E-state index contributed by atoms with van der Waals surface area (Å²) >= 11 is 0. The van der Waals surface area contributed by atoms with E-state index in [0.29, 0.717) is 63.1 Å². The van der Waals surface area contributed by atoms with Gasteiger partial charge in [0.15, 0.2) is 6.61 Å². The summed E-state index contributed by atoms with van der Waals surface area (Å²) in [5, 5.41) is 0. The second-order valence-corrected chi connectivity index (χ2v) is 9.26. The van der Waals surface area contributed by atoms with Crippen molar-refractivity contribution in [3.63, 3.8) is 0 Å². The second-order valence-electron chi connectivity index (χ2n) is 9.26. The highest BCUT2D eigenvalue weighted by molar-refractivity contribution is 5.78. The van der Waals surface area contributed by atoms with E-state index in [1.165, 1.54) is 6.07 Å². The molecular weight excluding hydrogens is 459 g/mol. The van der Waals surface area contributed by atoms with Gasteiger partial charge in [-0.1, -0.05) is 30.3 Å². The van der Waals surface area contributed by atoms with Crippen molar-refractivity contribution >= 4 is 23.4 Å². The Morgan fingerprint density at radius 1 is 0.944 bits per heavy atom. The molecule has 9 heteroatoms. The summed E-state index contributed by atoms with van der Waals surface area (Å²) in [5.74, 6) is 1.95. The number of amides is 1. The summed E-state index contributed by atoms with van der Waals surface area (Å²) < 4.78 is 19.9. The summed E-state index contributed by atoms with van der Waals surface area (Å²) in [7, 11) is 3.92. The number of ether oxygens (including phenoxy) is 1. The standard InChI is InChI=1S/C27H31FN6O2/c1-31(2)26-21-18-34(25(35)19-36-20-8-4-3-5-9-20)13-12-23(21)29-27(30-26)33-16-14-32(15-17-33)24-11-7-6-10-22(24)28/h3-11H,12-19H2,1-2H3. The molecule has 1 aromatic heterocycles. The predicted octanol–water partition coefficient (Wildman–Crippen LogP) is 2.97. The average Bonchev–Trinajstić information content (AvgIpc) is 2.91. The number of nitrogens with zero attached hydrogens (tertiary/aromatic N) is 6. The minimum absolute atomic E-state index is 0.00186. The Morgan fingerprint density at radius 2 is 1.64 bits per heavy atom. The van der Waals surface area contributed by atoms with E-state index in [2.05, 4.69) is 9.80 Å². The van der Waals surface area contributed by atoms with Crippen LogP contribution in [0.15, 0.2) is 54.6 Å². The lowest BCUT2D eigenvalue weighted by Gasteiger charge is -2.37. The molecule has 1 saturated heterocycles.